The lowest BCUT2D eigenvalue weighted by Gasteiger charge is -2.41. The molecule has 6 heteroatoms. The zero-order valence-corrected chi connectivity index (χ0v) is 10.7. The SMILES string of the molecule is COC(=O)[C@H](N)C1CN(C(=O)OC(C)(C)C)C1. The van der Waals surface area contributed by atoms with E-state index in [0.29, 0.717) is 13.1 Å². The van der Waals surface area contributed by atoms with Crippen LogP contribution in [0.1, 0.15) is 20.8 Å². The molecule has 0 aromatic rings. The normalized spacial score (nSPS) is 18.3. The Kier molecular flexibility index (Phi) is 3.98. The van der Waals surface area contributed by atoms with Gasteiger partial charge in [-0.1, -0.05) is 0 Å². The van der Waals surface area contributed by atoms with Crippen LogP contribution in [0.3, 0.4) is 0 Å². The fourth-order valence-electron chi connectivity index (χ4n) is 1.54. The van der Waals surface area contributed by atoms with Gasteiger partial charge in [-0.25, -0.2) is 4.79 Å². The van der Waals surface area contributed by atoms with Gasteiger partial charge in [-0.15, -0.1) is 0 Å². The molecule has 0 bridgehead atoms. The first-order valence-corrected chi connectivity index (χ1v) is 5.56. The Hall–Kier alpha value is -1.30. The Bertz CT molecular complexity index is 305. The van der Waals surface area contributed by atoms with Crippen LogP contribution < -0.4 is 5.73 Å². The number of amides is 1. The van der Waals surface area contributed by atoms with Crippen molar-refractivity contribution in [2.45, 2.75) is 32.4 Å². The third-order valence-corrected chi connectivity index (χ3v) is 2.54. The summed E-state index contributed by atoms with van der Waals surface area (Å²) in [7, 11) is 1.30. The third-order valence-electron chi connectivity index (χ3n) is 2.54. The third kappa shape index (κ3) is 3.59. The van der Waals surface area contributed by atoms with Crippen molar-refractivity contribution in [3.05, 3.63) is 0 Å². The number of rotatable bonds is 2. The molecule has 0 aromatic heterocycles. The van der Waals surface area contributed by atoms with E-state index in [1.165, 1.54) is 12.0 Å². The van der Waals surface area contributed by atoms with Crippen LogP contribution in [0, 0.1) is 5.92 Å². The van der Waals surface area contributed by atoms with Crippen LogP contribution in [0.25, 0.3) is 0 Å². The molecule has 17 heavy (non-hydrogen) atoms. The number of hydrogen-bond donors (Lipinski definition) is 1. The van der Waals surface area contributed by atoms with Crippen molar-refractivity contribution in [1.29, 1.82) is 0 Å². The Labute approximate surface area is 101 Å². The molecular weight excluding hydrogens is 224 g/mol. The topological polar surface area (TPSA) is 81.9 Å². The standard InChI is InChI=1S/C11H20N2O4/c1-11(2,3)17-10(15)13-5-7(6-13)8(12)9(14)16-4/h7-8H,5-6,12H2,1-4H3/t8-/m1/s1. The van der Waals surface area contributed by atoms with Gasteiger partial charge >= 0.3 is 12.1 Å². The number of carbonyl (C=O) groups is 2. The quantitative estimate of drug-likeness (QED) is 0.709. The molecule has 98 valence electrons. The molecule has 1 fully saturated rings. The van der Waals surface area contributed by atoms with Crippen LogP contribution in [0.5, 0.6) is 0 Å². The van der Waals surface area contributed by atoms with E-state index in [1.807, 2.05) is 20.8 Å². The summed E-state index contributed by atoms with van der Waals surface area (Å²) in [5.74, 6) is -0.492. The summed E-state index contributed by atoms with van der Waals surface area (Å²) in [6.45, 7) is 6.30. The number of ether oxygens (including phenoxy) is 2. The minimum absolute atomic E-state index is 0.0463. The zero-order chi connectivity index (χ0) is 13.2. The lowest BCUT2D eigenvalue weighted by molar-refractivity contribution is -0.145. The average molecular weight is 244 g/mol. The summed E-state index contributed by atoms with van der Waals surface area (Å²) in [6.07, 6.45) is -0.370. The van der Waals surface area contributed by atoms with Gasteiger partial charge in [-0.3, -0.25) is 4.79 Å². The van der Waals surface area contributed by atoms with Gasteiger partial charge in [0.2, 0.25) is 0 Å². The monoisotopic (exact) mass is 244 g/mol. The minimum atomic E-state index is -0.668. The first kappa shape index (κ1) is 13.8. The Morgan fingerprint density at radius 2 is 1.88 bits per heavy atom. The van der Waals surface area contributed by atoms with Crippen molar-refractivity contribution in [1.82, 2.24) is 4.90 Å². The van der Waals surface area contributed by atoms with Crippen LogP contribution in [-0.2, 0) is 14.3 Å². The molecule has 0 aromatic carbocycles. The first-order valence-electron chi connectivity index (χ1n) is 5.56. The molecular formula is C11H20N2O4. The van der Waals surface area contributed by atoms with Crippen molar-refractivity contribution in [2.24, 2.45) is 11.7 Å². The van der Waals surface area contributed by atoms with E-state index in [0.717, 1.165) is 0 Å². The summed E-state index contributed by atoms with van der Waals surface area (Å²) in [6, 6.07) is -0.668. The van der Waals surface area contributed by atoms with Gasteiger partial charge in [0.1, 0.15) is 11.6 Å². The minimum Gasteiger partial charge on any atom is -0.468 e. The number of carbonyl (C=O) groups excluding carboxylic acids is 2. The summed E-state index contributed by atoms with van der Waals surface area (Å²) in [4.78, 5) is 24.3. The van der Waals surface area contributed by atoms with E-state index in [4.69, 9.17) is 10.5 Å². The maximum absolute atomic E-state index is 11.6. The van der Waals surface area contributed by atoms with Gasteiger partial charge in [0, 0.05) is 19.0 Å². The number of nitrogens with zero attached hydrogens (tertiary/aromatic N) is 1. The van der Waals surface area contributed by atoms with Crippen molar-refractivity contribution in [3.63, 3.8) is 0 Å². The molecule has 1 aliphatic heterocycles. The Balaban J connectivity index is 2.37. The number of nitrogens with two attached hydrogens (primary N) is 1. The van der Waals surface area contributed by atoms with Crippen LogP contribution in [0.15, 0.2) is 0 Å². The van der Waals surface area contributed by atoms with Gasteiger partial charge in [-0.05, 0) is 20.8 Å². The molecule has 6 nitrogen and oxygen atoms in total. The summed E-state index contributed by atoms with van der Waals surface area (Å²) in [5, 5.41) is 0. The predicted octanol–water partition coefficient (Wildman–Crippen LogP) is 0.354. The second-order valence-corrected chi connectivity index (χ2v) is 5.19. The smallest absolute Gasteiger partial charge is 0.410 e. The zero-order valence-electron chi connectivity index (χ0n) is 10.7. The van der Waals surface area contributed by atoms with Gasteiger partial charge in [0.25, 0.3) is 0 Å². The largest absolute Gasteiger partial charge is 0.468 e. The van der Waals surface area contributed by atoms with Crippen molar-refractivity contribution in [2.75, 3.05) is 20.2 Å². The number of methoxy groups -OCH3 is 1. The number of hydrogen-bond acceptors (Lipinski definition) is 5. The van der Waals surface area contributed by atoms with Gasteiger partial charge in [-0.2, -0.15) is 0 Å². The highest BCUT2D eigenvalue weighted by atomic mass is 16.6. The summed E-state index contributed by atoms with van der Waals surface area (Å²) < 4.78 is 9.73. The number of likely N-dealkylation sites (tertiary alicyclic amines) is 1. The van der Waals surface area contributed by atoms with Crippen molar-refractivity contribution >= 4 is 12.1 Å². The molecule has 1 rings (SSSR count). The van der Waals surface area contributed by atoms with Crippen LogP contribution in [0.2, 0.25) is 0 Å². The molecule has 2 N–H and O–H groups in total. The van der Waals surface area contributed by atoms with E-state index >= 15 is 0 Å². The van der Waals surface area contributed by atoms with E-state index in [2.05, 4.69) is 4.74 Å². The first-order chi connectivity index (χ1) is 7.74. The van der Waals surface area contributed by atoms with Gasteiger partial charge < -0.3 is 20.1 Å². The summed E-state index contributed by atoms with van der Waals surface area (Å²) >= 11 is 0. The Morgan fingerprint density at radius 1 is 1.35 bits per heavy atom. The van der Waals surface area contributed by atoms with Crippen LogP contribution in [0.4, 0.5) is 4.79 Å². The van der Waals surface area contributed by atoms with E-state index in [1.54, 1.807) is 0 Å². The van der Waals surface area contributed by atoms with Crippen molar-refractivity contribution < 1.29 is 19.1 Å². The highest BCUT2D eigenvalue weighted by Crippen LogP contribution is 2.21. The molecule has 1 heterocycles. The molecule has 0 radical (unpaired) electrons. The number of esters is 1. The fraction of sp³-hybridized carbons (Fsp3) is 0.818. The van der Waals surface area contributed by atoms with E-state index < -0.39 is 17.6 Å². The highest BCUT2D eigenvalue weighted by Gasteiger charge is 2.39. The molecule has 1 atom stereocenters. The van der Waals surface area contributed by atoms with Crippen molar-refractivity contribution in [3.8, 4) is 0 Å². The van der Waals surface area contributed by atoms with Gasteiger partial charge in [0.05, 0.1) is 7.11 Å². The molecule has 1 aliphatic rings. The lowest BCUT2D eigenvalue weighted by atomic mass is 9.92. The molecule has 1 amide bonds. The van der Waals surface area contributed by atoms with Gasteiger partial charge in [0.15, 0.2) is 0 Å². The van der Waals surface area contributed by atoms with Crippen LogP contribution in [-0.4, -0.2) is 48.8 Å². The maximum Gasteiger partial charge on any atom is 0.410 e. The molecule has 0 unspecified atom stereocenters. The van der Waals surface area contributed by atoms with E-state index in [9.17, 15) is 9.59 Å². The second-order valence-electron chi connectivity index (χ2n) is 5.19. The van der Waals surface area contributed by atoms with Crippen LogP contribution >= 0.6 is 0 Å². The summed E-state index contributed by atoms with van der Waals surface area (Å²) in [5.41, 5.74) is 5.16. The molecule has 1 saturated heterocycles. The Morgan fingerprint density at radius 3 is 2.29 bits per heavy atom. The second kappa shape index (κ2) is 4.91. The average Bonchev–Trinajstić information content (AvgIpc) is 2.10. The predicted molar refractivity (Wildman–Crippen MR) is 61.3 cm³/mol. The molecule has 0 spiro atoms. The lowest BCUT2D eigenvalue weighted by Crippen LogP contribution is -2.59. The van der Waals surface area contributed by atoms with E-state index in [-0.39, 0.29) is 12.0 Å². The highest BCUT2D eigenvalue weighted by molar-refractivity contribution is 5.77. The maximum atomic E-state index is 11.6. The molecule has 0 saturated carbocycles. The molecule has 0 aliphatic carbocycles. The fourth-order valence-corrected chi connectivity index (χ4v) is 1.54.